The Balaban J connectivity index is 0.000000354. The second kappa shape index (κ2) is 22.2. The van der Waals surface area contributed by atoms with Gasteiger partial charge in [-0.05, 0) is 71.4 Å². The lowest BCUT2D eigenvalue weighted by molar-refractivity contribution is -0.132. The number of nitriles is 1. The molecular weight excluding hydrogens is 837 g/mol. The lowest BCUT2D eigenvalue weighted by Crippen LogP contribution is -2.52. The summed E-state index contributed by atoms with van der Waals surface area (Å²) >= 11 is 0. The first-order valence-corrected chi connectivity index (χ1v) is 21.3. The van der Waals surface area contributed by atoms with Crippen molar-refractivity contribution in [2.75, 3.05) is 45.9 Å². The zero-order chi connectivity index (χ0) is 47.4. The Labute approximate surface area is 366 Å². The molecule has 2 bridgehead atoms. The molecule has 5 fully saturated rings. The number of halogens is 6. The molecule has 4 N–H and O–H groups in total. The third kappa shape index (κ3) is 15.9. The van der Waals surface area contributed by atoms with Gasteiger partial charge in [-0.25, -0.2) is 31.1 Å². The molecule has 2 amide bonds. The van der Waals surface area contributed by atoms with Crippen molar-refractivity contribution < 1.29 is 60.3 Å². The number of benzene rings is 1. The van der Waals surface area contributed by atoms with E-state index in [4.69, 9.17) is 4.74 Å². The Hall–Kier alpha value is -4.03. The van der Waals surface area contributed by atoms with Crippen molar-refractivity contribution in [1.29, 1.82) is 5.26 Å². The van der Waals surface area contributed by atoms with Crippen LogP contribution in [0.15, 0.2) is 42.0 Å². The molecule has 5 saturated heterocycles. The maximum absolute atomic E-state index is 13.8. The number of nitrogens with zero attached hydrogens (tertiary/aromatic N) is 4. The van der Waals surface area contributed by atoms with Crippen LogP contribution in [0.5, 0.6) is 0 Å². The zero-order valence-electron chi connectivity index (χ0n) is 37.0. The molecule has 0 radical (unpaired) electrons. The largest absolute Gasteiger partial charge is 0.475 e. The van der Waals surface area contributed by atoms with E-state index in [-0.39, 0.29) is 69.5 Å². The smallest absolute Gasteiger partial charge is 0.447 e. The molecule has 0 unspecified atom stereocenters. The molecule has 63 heavy (non-hydrogen) atoms. The first kappa shape index (κ1) is 53.3. The fraction of sp³-hybridized carbons (Fsp3) is 0.698. The summed E-state index contributed by atoms with van der Waals surface area (Å²) < 4.78 is 82.3. The van der Waals surface area contributed by atoms with Gasteiger partial charge in [0.05, 0.1) is 36.7 Å². The van der Waals surface area contributed by atoms with Crippen LogP contribution in [-0.4, -0.2) is 149 Å². The maximum Gasteiger partial charge on any atom is 0.475 e. The van der Waals surface area contributed by atoms with E-state index in [9.17, 15) is 60.8 Å². The fourth-order valence-electron chi connectivity index (χ4n) is 7.99. The molecule has 0 aromatic heterocycles. The molecule has 13 nitrogen and oxygen atoms in total. The highest BCUT2D eigenvalue weighted by Gasteiger charge is 2.55. The maximum atomic E-state index is 13.8. The van der Waals surface area contributed by atoms with Gasteiger partial charge in [0.2, 0.25) is 0 Å². The lowest BCUT2D eigenvalue weighted by Gasteiger charge is -2.36. The van der Waals surface area contributed by atoms with E-state index in [0.717, 1.165) is 11.8 Å². The molecule has 0 aliphatic carbocycles. The number of amides is 2. The van der Waals surface area contributed by atoms with Crippen molar-refractivity contribution in [2.45, 2.75) is 139 Å². The van der Waals surface area contributed by atoms with Crippen LogP contribution in [-0.2, 0) is 25.5 Å². The van der Waals surface area contributed by atoms with Crippen molar-refractivity contribution in [3.63, 3.8) is 0 Å². The molecule has 20 heteroatoms. The van der Waals surface area contributed by atoms with E-state index in [2.05, 4.69) is 10.6 Å². The van der Waals surface area contributed by atoms with Gasteiger partial charge in [0.25, 0.3) is 23.7 Å². The molecule has 0 saturated carbocycles. The summed E-state index contributed by atoms with van der Waals surface area (Å²) in [7, 11) is -1.81. The minimum absolute atomic E-state index is 0.00694. The number of hydrogen-bond acceptors (Lipinski definition) is 11. The Morgan fingerprint density at radius 2 is 1.46 bits per heavy atom. The van der Waals surface area contributed by atoms with Crippen LogP contribution in [0.25, 0.3) is 0 Å². The minimum Gasteiger partial charge on any atom is -0.447 e. The number of alkyl carbamates (subject to hydrolysis) is 1. The van der Waals surface area contributed by atoms with Crippen LogP contribution < -0.4 is 10.6 Å². The second-order valence-electron chi connectivity index (χ2n) is 18.4. The van der Waals surface area contributed by atoms with Crippen molar-refractivity contribution >= 4 is 31.7 Å². The Morgan fingerprint density at radius 3 is 1.86 bits per heavy atom. The van der Waals surface area contributed by atoms with Crippen molar-refractivity contribution in [2.24, 2.45) is 5.92 Å². The highest BCUT2D eigenvalue weighted by atomic mass is 19.3. The van der Waals surface area contributed by atoms with E-state index >= 15 is 0 Å². The average molecular weight is 901 g/mol. The number of carbonyl (C=O) groups excluding carboxylic acids is 4. The molecule has 5 heterocycles. The predicted octanol–water partition coefficient (Wildman–Crippen LogP) is 5.19. The van der Waals surface area contributed by atoms with E-state index in [1.54, 1.807) is 61.8 Å². The Morgan fingerprint density at radius 1 is 0.921 bits per heavy atom. The monoisotopic (exact) mass is 900 g/mol. The molecule has 1 aromatic rings. The highest BCUT2D eigenvalue weighted by molar-refractivity contribution is 6.43. The van der Waals surface area contributed by atoms with Gasteiger partial charge >= 0.3 is 13.2 Å². The SMILES string of the molecule is CC(C)(C=C(C#N)C(=O)N1C2CCC1(COC(=O)N[C@@H](Cc1ccccc1)B(O)O)CC2)N1CCC(F)(F)C1.CC(C)(C=O)N1CCC(F)(F)C1.CC(C)C=O.FC1(F)CCNC1. The number of ether oxygens (including phenoxy) is 1. The number of fused-ring (bicyclic) bond motifs is 2. The number of nitrogens with one attached hydrogen (secondary N) is 2. The fourth-order valence-corrected chi connectivity index (χ4v) is 7.99. The molecule has 5 aliphatic heterocycles. The number of aldehydes is 2. The Kier molecular flexibility index (Phi) is 18.8. The van der Waals surface area contributed by atoms with Gasteiger partial charge in [-0.2, -0.15) is 5.26 Å². The summed E-state index contributed by atoms with van der Waals surface area (Å²) in [6, 6.07) is 10.9. The van der Waals surface area contributed by atoms with E-state index in [1.807, 2.05) is 26.0 Å². The van der Waals surface area contributed by atoms with Crippen LogP contribution in [0.2, 0.25) is 0 Å². The summed E-state index contributed by atoms with van der Waals surface area (Å²) in [5.41, 5.74) is -1.78. The Bertz CT molecular complexity index is 1750. The van der Waals surface area contributed by atoms with Gasteiger partial charge in [-0.3, -0.25) is 14.6 Å². The minimum atomic E-state index is -2.80. The van der Waals surface area contributed by atoms with Crippen LogP contribution in [0.4, 0.5) is 31.1 Å². The molecule has 1 aromatic carbocycles. The second-order valence-corrected chi connectivity index (χ2v) is 18.4. The van der Waals surface area contributed by atoms with Crippen molar-refractivity contribution in [3.8, 4) is 6.07 Å². The van der Waals surface area contributed by atoms with Crippen LogP contribution in [0, 0.1) is 17.2 Å². The topological polar surface area (TPSA) is 176 Å². The van der Waals surface area contributed by atoms with Crippen LogP contribution in [0.1, 0.15) is 92.1 Å². The van der Waals surface area contributed by atoms with Gasteiger partial charge in [-0.1, -0.05) is 44.2 Å². The average Bonchev–Trinajstić information content (AvgIpc) is 4.06. The number of hydrogen-bond donors (Lipinski definition) is 4. The van der Waals surface area contributed by atoms with Crippen molar-refractivity contribution in [3.05, 3.63) is 47.5 Å². The van der Waals surface area contributed by atoms with Crippen LogP contribution in [0.3, 0.4) is 0 Å². The van der Waals surface area contributed by atoms with Crippen LogP contribution >= 0.6 is 0 Å². The van der Waals surface area contributed by atoms with E-state index < -0.39 is 66.0 Å². The first-order valence-electron chi connectivity index (χ1n) is 21.3. The lowest BCUT2D eigenvalue weighted by atomic mass is 9.76. The third-order valence-corrected chi connectivity index (χ3v) is 11.8. The summed E-state index contributed by atoms with van der Waals surface area (Å²) in [4.78, 5) is 51.0. The van der Waals surface area contributed by atoms with E-state index in [1.165, 1.54) is 11.0 Å². The summed E-state index contributed by atoms with van der Waals surface area (Å²) in [6.45, 7) is 10.4. The summed E-state index contributed by atoms with van der Waals surface area (Å²) in [6.07, 6.45) is 4.62. The normalized spacial score (nSPS) is 24.1. The van der Waals surface area contributed by atoms with Gasteiger partial charge in [0.15, 0.2) is 0 Å². The number of carbonyl (C=O) groups is 4. The molecule has 0 spiro atoms. The molecule has 1 atom stereocenters. The zero-order valence-corrected chi connectivity index (χ0v) is 37.0. The third-order valence-electron chi connectivity index (χ3n) is 11.8. The van der Waals surface area contributed by atoms with E-state index in [0.29, 0.717) is 45.1 Å². The molecule has 6 rings (SSSR count). The predicted molar refractivity (Wildman–Crippen MR) is 224 cm³/mol. The quantitative estimate of drug-likeness (QED) is 0.0715. The first-order chi connectivity index (χ1) is 29.2. The highest BCUT2D eigenvalue weighted by Crippen LogP contribution is 2.47. The molecule has 352 valence electrons. The number of rotatable bonds is 12. The summed E-state index contributed by atoms with van der Waals surface area (Å²) in [5, 5.41) is 34.4. The van der Waals surface area contributed by atoms with Gasteiger partial charge in [0, 0.05) is 56.4 Å². The summed E-state index contributed by atoms with van der Waals surface area (Å²) in [5.74, 6) is -9.11. The van der Waals surface area contributed by atoms with Crippen molar-refractivity contribution in [1.82, 2.24) is 25.3 Å². The van der Waals surface area contributed by atoms with Gasteiger partial charge in [-0.15, -0.1) is 0 Å². The number of alkyl halides is 6. The molecular formula is C43H63BF6N6O7. The molecule has 5 aliphatic rings. The van der Waals surface area contributed by atoms with Gasteiger partial charge < -0.3 is 39.9 Å². The number of likely N-dealkylation sites (tertiary alicyclic amines) is 2. The van der Waals surface area contributed by atoms with Gasteiger partial charge in [0.1, 0.15) is 30.8 Å². The standard InChI is InChI=1S/C27H35BF2N4O5.C8H13F2NO.C4H7F2N.C4H8O/c1-25(2,33-13-12-27(29,30)17-33)15-20(16-31)23(35)34-21-8-10-26(34,11-9-21)18-39-24(36)32-22(28(37)38)14-19-6-4-3-5-7-19;1-7(2,6-12)11-4-3-8(9,10)5-11;5-4(6)1-2-7-3-4;1-4(2)3-5/h3-7,15,21-22,37-38H,8-14,17-18H2,1-2H3,(H,32,36);6H,3-5H2,1-2H3;7H,1-3H2;3-4H,1-2H3/t21?,22-,26?;;;/m0.../s1.